The molecule has 126 valence electrons. The van der Waals surface area contributed by atoms with Crippen LogP contribution in [0.5, 0.6) is 5.75 Å². The van der Waals surface area contributed by atoms with Crippen molar-refractivity contribution in [2.45, 2.75) is 19.3 Å². The van der Waals surface area contributed by atoms with Gasteiger partial charge in [0, 0.05) is 24.7 Å². The SMILES string of the molecule is NC(COc1cccc2cccnc12)=NOC(=O)N1CCCCC1. The zero-order chi connectivity index (χ0) is 16.8. The number of nitrogens with two attached hydrogens (primary N) is 1. The monoisotopic (exact) mass is 328 g/mol. The average Bonchev–Trinajstić information content (AvgIpc) is 2.65. The Morgan fingerprint density at radius 2 is 2.00 bits per heavy atom. The van der Waals surface area contributed by atoms with Crippen LogP contribution in [0, 0.1) is 0 Å². The number of benzene rings is 1. The van der Waals surface area contributed by atoms with Gasteiger partial charge in [0.15, 0.2) is 5.84 Å². The van der Waals surface area contributed by atoms with Gasteiger partial charge in [-0.1, -0.05) is 23.4 Å². The molecule has 7 nitrogen and oxygen atoms in total. The van der Waals surface area contributed by atoms with Crippen molar-refractivity contribution in [1.82, 2.24) is 9.88 Å². The Morgan fingerprint density at radius 1 is 1.21 bits per heavy atom. The first kappa shape index (κ1) is 16.0. The second-order valence-corrected chi connectivity index (χ2v) is 5.61. The molecule has 24 heavy (non-hydrogen) atoms. The number of oxime groups is 1. The van der Waals surface area contributed by atoms with Crippen LogP contribution in [-0.2, 0) is 4.84 Å². The lowest BCUT2D eigenvalue weighted by atomic mass is 10.1. The first-order chi connectivity index (χ1) is 11.7. The standard InChI is InChI=1S/C17H20N4O3/c18-15(20-24-17(22)21-10-2-1-3-11-21)12-23-14-8-4-6-13-7-5-9-19-16(13)14/h4-9H,1-3,10-12H2,(H2,18,20). The number of ether oxygens (including phenoxy) is 1. The Morgan fingerprint density at radius 3 is 2.83 bits per heavy atom. The molecule has 1 aromatic heterocycles. The number of piperidine rings is 1. The molecule has 0 unspecified atom stereocenters. The van der Waals surface area contributed by atoms with Crippen LogP contribution in [0.25, 0.3) is 10.9 Å². The maximum atomic E-state index is 11.8. The fourth-order valence-corrected chi connectivity index (χ4v) is 2.60. The molecule has 0 bridgehead atoms. The van der Waals surface area contributed by atoms with Gasteiger partial charge in [-0.3, -0.25) is 9.82 Å². The molecule has 7 heteroatoms. The first-order valence-corrected chi connectivity index (χ1v) is 7.99. The molecule has 0 spiro atoms. The van der Waals surface area contributed by atoms with Crippen LogP contribution >= 0.6 is 0 Å². The number of carbonyl (C=O) groups excluding carboxylic acids is 1. The number of pyridine rings is 1. The summed E-state index contributed by atoms with van der Waals surface area (Å²) in [6.07, 6.45) is 4.36. The topological polar surface area (TPSA) is 90.0 Å². The Hall–Kier alpha value is -2.83. The average molecular weight is 328 g/mol. The Labute approximate surface area is 140 Å². The third kappa shape index (κ3) is 3.92. The zero-order valence-electron chi connectivity index (χ0n) is 13.4. The van der Waals surface area contributed by atoms with Crippen molar-refractivity contribution in [3.63, 3.8) is 0 Å². The van der Waals surface area contributed by atoms with Gasteiger partial charge in [-0.05, 0) is 31.4 Å². The van der Waals surface area contributed by atoms with Crippen LogP contribution in [0.15, 0.2) is 41.7 Å². The summed E-state index contributed by atoms with van der Waals surface area (Å²) >= 11 is 0. The molecule has 2 aromatic rings. The molecule has 1 amide bonds. The smallest absolute Gasteiger partial charge is 0.436 e. The predicted octanol–water partition coefficient (Wildman–Crippen LogP) is 2.51. The number of aromatic nitrogens is 1. The van der Waals surface area contributed by atoms with Gasteiger partial charge in [-0.2, -0.15) is 0 Å². The molecule has 0 saturated carbocycles. The van der Waals surface area contributed by atoms with E-state index < -0.39 is 6.09 Å². The van der Waals surface area contributed by atoms with Crippen LogP contribution < -0.4 is 10.5 Å². The maximum Gasteiger partial charge on any atom is 0.436 e. The van der Waals surface area contributed by atoms with E-state index in [-0.39, 0.29) is 12.4 Å². The predicted molar refractivity (Wildman–Crippen MR) is 90.8 cm³/mol. The van der Waals surface area contributed by atoms with Crippen LogP contribution in [0.2, 0.25) is 0 Å². The van der Waals surface area contributed by atoms with E-state index in [0.717, 1.165) is 30.2 Å². The molecular weight excluding hydrogens is 308 g/mol. The minimum atomic E-state index is -0.468. The van der Waals surface area contributed by atoms with Crippen molar-refractivity contribution >= 4 is 22.8 Å². The molecule has 1 aliphatic rings. The number of fused-ring (bicyclic) bond motifs is 1. The molecule has 0 aliphatic carbocycles. The van der Waals surface area contributed by atoms with Crippen molar-refractivity contribution in [2.24, 2.45) is 10.9 Å². The number of carbonyl (C=O) groups is 1. The summed E-state index contributed by atoms with van der Waals surface area (Å²) in [7, 11) is 0. The number of hydrogen-bond donors (Lipinski definition) is 1. The van der Waals surface area contributed by atoms with Gasteiger partial charge in [-0.25, -0.2) is 4.79 Å². The third-order valence-electron chi connectivity index (χ3n) is 3.83. The first-order valence-electron chi connectivity index (χ1n) is 7.99. The highest BCUT2D eigenvalue weighted by Crippen LogP contribution is 2.22. The van der Waals surface area contributed by atoms with Gasteiger partial charge in [0.05, 0.1) is 0 Å². The highest BCUT2D eigenvalue weighted by atomic mass is 16.7. The molecule has 0 radical (unpaired) electrons. The summed E-state index contributed by atoms with van der Waals surface area (Å²) in [4.78, 5) is 22.6. The van der Waals surface area contributed by atoms with Crippen molar-refractivity contribution in [3.05, 3.63) is 36.5 Å². The highest BCUT2D eigenvalue weighted by Gasteiger charge is 2.18. The van der Waals surface area contributed by atoms with E-state index >= 15 is 0 Å². The molecule has 0 atom stereocenters. The van der Waals surface area contributed by atoms with Gasteiger partial charge in [-0.15, -0.1) is 0 Å². The lowest BCUT2D eigenvalue weighted by Gasteiger charge is -2.24. The van der Waals surface area contributed by atoms with Gasteiger partial charge in [0.2, 0.25) is 0 Å². The van der Waals surface area contributed by atoms with E-state index in [1.807, 2.05) is 30.3 Å². The van der Waals surface area contributed by atoms with E-state index in [9.17, 15) is 4.79 Å². The van der Waals surface area contributed by atoms with E-state index in [4.69, 9.17) is 15.3 Å². The van der Waals surface area contributed by atoms with Crippen molar-refractivity contribution < 1.29 is 14.4 Å². The van der Waals surface area contributed by atoms with Crippen molar-refractivity contribution in [3.8, 4) is 5.75 Å². The van der Waals surface area contributed by atoms with Crippen molar-refractivity contribution in [2.75, 3.05) is 19.7 Å². The highest BCUT2D eigenvalue weighted by molar-refractivity contribution is 5.86. The minimum absolute atomic E-state index is 0.0168. The Balaban J connectivity index is 1.56. The number of nitrogens with zero attached hydrogens (tertiary/aromatic N) is 3. The van der Waals surface area contributed by atoms with E-state index in [2.05, 4.69) is 10.1 Å². The summed E-state index contributed by atoms with van der Waals surface area (Å²) in [6.45, 7) is 1.42. The number of rotatable bonds is 4. The molecule has 1 fully saturated rings. The van der Waals surface area contributed by atoms with E-state index in [1.54, 1.807) is 11.1 Å². The summed E-state index contributed by atoms with van der Waals surface area (Å²) in [6, 6.07) is 9.45. The maximum absolute atomic E-state index is 11.8. The van der Waals surface area contributed by atoms with Gasteiger partial charge in [0.1, 0.15) is 17.9 Å². The summed E-state index contributed by atoms with van der Waals surface area (Å²) < 4.78 is 5.64. The normalized spacial score (nSPS) is 15.3. The van der Waals surface area contributed by atoms with Crippen LogP contribution in [0.3, 0.4) is 0 Å². The third-order valence-corrected chi connectivity index (χ3v) is 3.83. The molecule has 2 heterocycles. The quantitative estimate of drug-likeness (QED) is 0.403. The Kier molecular flexibility index (Phi) is 5.10. The molecule has 1 aliphatic heterocycles. The largest absolute Gasteiger partial charge is 0.483 e. The number of amidine groups is 1. The fraction of sp³-hybridized carbons (Fsp3) is 0.353. The molecular formula is C17H20N4O3. The van der Waals surface area contributed by atoms with Crippen molar-refractivity contribution in [1.29, 1.82) is 0 Å². The van der Waals surface area contributed by atoms with Gasteiger partial charge < -0.3 is 15.4 Å². The number of hydrogen-bond acceptors (Lipinski definition) is 5. The molecule has 1 saturated heterocycles. The number of amides is 1. The molecule has 2 N–H and O–H groups in total. The lowest BCUT2D eigenvalue weighted by molar-refractivity contribution is 0.0975. The summed E-state index contributed by atoms with van der Waals surface area (Å²) in [5.74, 6) is 0.696. The van der Waals surface area contributed by atoms with Crippen LogP contribution in [0.4, 0.5) is 4.79 Å². The summed E-state index contributed by atoms with van der Waals surface area (Å²) in [5.41, 5.74) is 6.50. The minimum Gasteiger partial charge on any atom is -0.483 e. The summed E-state index contributed by atoms with van der Waals surface area (Å²) in [5, 5.41) is 4.63. The second-order valence-electron chi connectivity index (χ2n) is 5.61. The van der Waals surface area contributed by atoms with Crippen LogP contribution in [0.1, 0.15) is 19.3 Å². The Bertz CT molecular complexity index is 736. The zero-order valence-corrected chi connectivity index (χ0v) is 13.4. The number of likely N-dealkylation sites (tertiary alicyclic amines) is 1. The van der Waals surface area contributed by atoms with Gasteiger partial charge >= 0.3 is 6.09 Å². The second kappa shape index (κ2) is 7.63. The lowest BCUT2D eigenvalue weighted by Crippen LogP contribution is -2.35. The van der Waals surface area contributed by atoms with Crippen LogP contribution in [-0.4, -0.2) is 41.5 Å². The number of para-hydroxylation sites is 1. The van der Waals surface area contributed by atoms with E-state index in [0.29, 0.717) is 18.8 Å². The fourth-order valence-electron chi connectivity index (χ4n) is 2.60. The molecule has 1 aromatic carbocycles. The molecule has 3 rings (SSSR count). The van der Waals surface area contributed by atoms with Gasteiger partial charge in [0.25, 0.3) is 0 Å². The van der Waals surface area contributed by atoms with E-state index in [1.165, 1.54) is 0 Å².